The van der Waals surface area contributed by atoms with Gasteiger partial charge in [-0.25, -0.2) is 0 Å². The molecule has 1 saturated heterocycles. The SMILES string of the molecule is CC1(C)CCCN(C(=O)C2(C(N)=NO)CCC2)CC1. The van der Waals surface area contributed by atoms with Crippen molar-refractivity contribution in [2.45, 2.75) is 52.4 Å². The van der Waals surface area contributed by atoms with Gasteiger partial charge in [-0.1, -0.05) is 25.4 Å². The minimum Gasteiger partial charge on any atom is -0.409 e. The number of carbonyl (C=O) groups is 1. The summed E-state index contributed by atoms with van der Waals surface area (Å²) in [7, 11) is 0. The smallest absolute Gasteiger partial charge is 0.236 e. The Morgan fingerprint density at radius 3 is 2.37 bits per heavy atom. The van der Waals surface area contributed by atoms with Crippen molar-refractivity contribution in [2.24, 2.45) is 21.7 Å². The summed E-state index contributed by atoms with van der Waals surface area (Å²) < 4.78 is 0. The lowest BCUT2D eigenvalue weighted by atomic mass is 9.66. The molecular formula is C14H25N3O2. The first kappa shape index (κ1) is 14.2. The van der Waals surface area contributed by atoms with Crippen molar-refractivity contribution in [3.8, 4) is 0 Å². The van der Waals surface area contributed by atoms with E-state index in [0.717, 1.165) is 38.8 Å². The maximum atomic E-state index is 12.7. The van der Waals surface area contributed by atoms with Gasteiger partial charge in [0.05, 0.1) is 0 Å². The average molecular weight is 267 g/mol. The summed E-state index contributed by atoms with van der Waals surface area (Å²) in [4.78, 5) is 14.6. The molecule has 0 radical (unpaired) electrons. The molecule has 0 atom stereocenters. The van der Waals surface area contributed by atoms with E-state index in [1.807, 2.05) is 4.90 Å². The Labute approximate surface area is 114 Å². The normalized spacial score (nSPS) is 26.4. The predicted molar refractivity (Wildman–Crippen MR) is 73.9 cm³/mol. The number of oxime groups is 1. The van der Waals surface area contributed by atoms with Gasteiger partial charge in [-0.15, -0.1) is 0 Å². The second kappa shape index (κ2) is 5.02. The summed E-state index contributed by atoms with van der Waals surface area (Å²) in [5, 5.41) is 12.0. The van der Waals surface area contributed by atoms with Crippen molar-refractivity contribution in [1.82, 2.24) is 4.90 Å². The van der Waals surface area contributed by atoms with Crippen LogP contribution in [-0.4, -0.2) is 34.9 Å². The zero-order valence-electron chi connectivity index (χ0n) is 12.0. The third-order valence-corrected chi connectivity index (χ3v) is 4.84. The number of nitrogens with two attached hydrogens (primary N) is 1. The highest BCUT2D eigenvalue weighted by Gasteiger charge is 2.50. The van der Waals surface area contributed by atoms with Gasteiger partial charge in [0.2, 0.25) is 5.91 Å². The summed E-state index contributed by atoms with van der Waals surface area (Å²) in [5.74, 6) is 0.152. The van der Waals surface area contributed by atoms with Crippen LogP contribution in [0.15, 0.2) is 5.16 Å². The van der Waals surface area contributed by atoms with Crippen LogP contribution >= 0.6 is 0 Å². The zero-order valence-corrected chi connectivity index (χ0v) is 12.0. The first-order chi connectivity index (χ1) is 8.91. The number of nitrogens with zero attached hydrogens (tertiary/aromatic N) is 2. The van der Waals surface area contributed by atoms with Gasteiger partial charge in [-0.3, -0.25) is 4.79 Å². The molecule has 0 unspecified atom stereocenters. The van der Waals surface area contributed by atoms with E-state index in [0.29, 0.717) is 18.3 Å². The molecule has 0 aromatic heterocycles. The third-order valence-electron chi connectivity index (χ3n) is 4.84. The monoisotopic (exact) mass is 267 g/mol. The summed E-state index contributed by atoms with van der Waals surface area (Å²) >= 11 is 0. The average Bonchev–Trinajstić information content (AvgIpc) is 2.48. The largest absolute Gasteiger partial charge is 0.409 e. The lowest BCUT2D eigenvalue weighted by molar-refractivity contribution is -0.142. The van der Waals surface area contributed by atoms with Gasteiger partial charge in [0, 0.05) is 13.1 Å². The highest BCUT2D eigenvalue weighted by Crippen LogP contribution is 2.43. The van der Waals surface area contributed by atoms with E-state index in [1.54, 1.807) is 0 Å². The van der Waals surface area contributed by atoms with Crippen LogP contribution in [0.2, 0.25) is 0 Å². The fraction of sp³-hybridized carbons (Fsp3) is 0.857. The van der Waals surface area contributed by atoms with Crippen molar-refractivity contribution >= 4 is 11.7 Å². The Morgan fingerprint density at radius 2 is 1.84 bits per heavy atom. The Bertz CT molecular complexity index is 386. The highest BCUT2D eigenvalue weighted by molar-refractivity contribution is 6.07. The van der Waals surface area contributed by atoms with Crippen molar-refractivity contribution in [2.75, 3.05) is 13.1 Å². The lowest BCUT2D eigenvalue weighted by Gasteiger charge is -2.42. The van der Waals surface area contributed by atoms with Crippen LogP contribution in [0, 0.1) is 10.8 Å². The van der Waals surface area contributed by atoms with Gasteiger partial charge in [0.15, 0.2) is 5.84 Å². The summed E-state index contributed by atoms with van der Waals surface area (Å²) in [6.07, 6.45) is 5.59. The van der Waals surface area contributed by atoms with E-state index in [9.17, 15) is 4.79 Å². The molecule has 5 heteroatoms. The van der Waals surface area contributed by atoms with Gasteiger partial charge in [0.1, 0.15) is 5.41 Å². The molecule has 0 spiro atoms. The Morgan fingerprint density at radius 1 is 1.16 bits per heavy atom. The molecule has 0 aromatic rings. The van der Waals surface area contributed by atoms with Crippen molar-refractivity contribution in [3.05, 3.63) is 0 Å². The molecule has 2 rings (SSSR count). The molecule has 1 aliphatic heterocycles. The van der Waals surface area contributed by atoms with Gasteiger partial charge in [0.25, 0.3) is 0 Å². The molecule has 1 amide bonds. The number of likely N-dealkylation sites (tertiary alicyclic amines) is 1. The van der Waals surface area contributed by atoms with Crippen LogP contribution in [0.4, 0.5) is 0 Å². The Kier molecular flexibility index (Phi) is 3.74. The fourth-order valence-electron chi connectivity index (χ4n) is 3.13. The Balaban J connectivity index is 2.11. The van der Waals surface area contributed by atoms with Gasteiger partial charge in [-0.2, -0.15) is 0 Å². The molecule has 0 bridgehead atoms. The van der Waals surface area contributed by atoms with Gasteiger partial charge < -0.3 is 15.8 Å². The van der Waals surface area contributed by atoms with Crippen molar-refractivity contribution < 1.29 is 10.0 Å². The molecule has 108 valence electrons. The van der Waals surface area contributed by atoms with E-state index in [-0.39, 0.29) is 11.7 Å². The van der Waals surface area contributed by atoms with E-state index in [1.165, 1.54) is 0 Å². The quantitative estimate of drug-likeness (QED) is 0.347. The topological polar surface area (TPSA) is 78.9 Å². The summed E-state index contributed by atoms with van der Waals surface area (Å²) in [6, 6.07) is 0. The number of hydrogen-bond donors (Lipinski definition) is 2. The number of rotatable bonds is 2. The maximum absolute atomic E-state index is 12.7. The van der Waals surface area contributed by atoms with Crippen LogP contribution in [0.25, 0.3) is 0 Å². The van der Waals surface area contributed by atoms with Crippen molar-refractivity contribution in [1.29, 1.82) is 0 Å². The molecule has 19 heavy (non-hydrogen) atoms. The minimum atomic E-state index is -0.719. The van der Waals surface area contributed by atoms with Gasteiger partial charge >= 0.3 is 0 Å². The van der Waals surface area contributed by atoms with E-state index in [4.69, 9.17) is 10.9 Å². The zero-order chi connectivity index (χ0) is 14.1. The standard InChI is InChI=1S/C14H25N3O2/c1-13(2)5-4-9-17(10-8-13)12(18)14(6-3-7-14)11(15)16-19/h19H,3-10H2,1-2H3,(H2,15,16). The third kappa shape index (κ3) is 2.55. The van der Waals surface area contributed by atoms with E-state index < -0.39 is 5.41 Å². The second-order valence-electron chi connectivity index (χ2n) is 6.73. The molecule has 1 aliphatic carbocycles. The summed E-state index contributed by atoms with van der Waals surface area (Å²) in [6.45, 7) is 6.09. The molecular weight excluding hydrogens is 242 g/mol. The number of amides is 1. The van der Waals surface area contributed by atoms with Crippen LogP contribution in [-0.2, 0) is 4.79 Å². The predicted octanol–water partition coefficient (Wildman–Crippen LogP) is 1.94. The molecule has 1 heterocycles. The number of hydrogen-bond acceptors (Lipinski definition) is 3. The van der Waals surface area contributed by atoms with Crippen LogP contribution in [0.1, 0.15) is 52.4 Å². The van der Waals surface area contributed by atoms with Crippen LogP contribution in [0.5, 0.6) is 0 Å². The fourth-order valence-corrected chi connectivity index (χ4v) is 3.13. The summed E-state index contributed by atoms with van der Waals surface area (Å²) in [5.41, 5.74) is 5.35. The van der Waals surface area contributed by atoms with Crippen LogP contribution < -0.4 is 5.73 Å². The molecule has 2 fully saturated rings. The molecule has 0 aromatic carbocycles. The highest BCUT2D eigenvalue weighted by atomic mass is 16.4. The van der Waals surface area contributed by atoms with E-state index >= 15 is 0 Å². The maximum Gasteiger partial charge on any atom is 0.236 e. The number of carbonyl (C=O) groups excluding carboxylic acids is 1. The molecule has 3 N–H and O–H groups in total. The Hall–Kier alpha value is -1.26. The molecule has 2 aliphatic rings. The first-order valence-corrected chi connectivity index (χ1v) is 7.19. The number of amidine groups is 1. The lowest BCUT2D eigenvalue weighted by Crippen LogP contribution is -2.55. The van der Waals surface area contributed by atoms with Gasteiger partial charge in [-0.05, 0) is 37.5 Å². The molecule has 1 saturated carbocycles. The van der Waals surface area contributed by atoms with Crippen LogP contribution in [0.3, 0.4) is 0 Å². The van der Waals surface area contributed by atoms with E-state index in [2.05, 4.69) is 19.0 Å². The first-order valence-electron chi connectivity index (χ1n) is 7.19. The minimum absolute atomic E-state index is 0.0618. The van der Waals surface area contributed by atoms with Crippen molar-refractivity contribution in [3.63, 3.8) is 0 Å². The molecule has 5 nitrogen and oxygen atoms in total. The second-order valence-corrected chi connectivity index (χ2v) is 6.73.